The van der Waals surface area contributed by atoms with Crippen LogP contribution in [0.25, 0.3) is 0 Å². The zero-order chi connectivity index (χ0) is 13.1. The first kappa shape index (κ1) is 12.2. The largest absolute Gasteiger partial charge is 0.338 e. The van der Waals surface area contributed by atoms with E-state index >= 15 is 0 Å². The van der Waals surface area contributed by atoms with Gasteiger partial charge in [-0.2, -0.15) is 4.98 Å². The van der Waals surface area contributed by atoms with Crippen molar-refractivity contribution in [3.63, 3.8) is 0 Å². The van der Waals surface area contributed by atoms with Gasteiger partial charge in [-0.1, -0.05) is 30.3 Å². The quantitative estimate of drug-likeness (QED) is 0.838. The fraction of sp³-hybridized carbons (Fsp3) is 0.429. The average molecular weight is 258 g/mol. The van der Waals surface area contributed by atoms with Gasteiger partial charge in [0, 0.05) is 39.6 Å². The molecule has 1 aliphatic heterocycles. The lowest BCUT2D eigenvalue weighted by atomic mass is 10.2. The number of nitrogens with zero attached hydrogens (tertiary/aromatic N) is 4. The van der Waals surface area contributed by atoms with Crippen LogP contribution in [0.4, 0.5) is 5.95 Å². The van der Waals surface area contributed by atoms with Gasteiger partial charge in [-0.25, -0.2) is 0 Å². The molecule has 0 amide bonds. The molecule has 0 bridgehead atoms. The molecule has 2 heterocycles. The number of piperazine rings is 1. The summed E-state index contributed by atoms with van der Waals surface area (Å²) in [6.07, 6.45) is 0. The molecule has 0 unspecified atom stereocenters. The monoisotopic (exact) mass is 258 g/mol. The first-order chi connectivity index (χ1) is 9.31. The van der Waals surface area contributed by atoms with Crippen LogP contribution in [-0.4, -0.2) is 41.2 Å². The first-order valence-corrected chi connectivity index (χ1v) is 6.63. The van der Waals surface area contributed by atoms with Crippen LogP contribution in [0.15, 0.2) is 34.9 Å². The zero-order valence-electron chi connectivity index (χ0n) is 11.1. The molecule has 1 aromatic heterocycles. The van der Waals surface area contributed by atoms with Crippen molar-refractivity contribution in [2.24, 2.45) is 0 Å². The highest BCUT2D eigenvalue weighted by molar-refractivity contribution is 5.28. The summed E-state index contributed by atoms with van der Waals surface area (Å²) in [5.41, 5.74) is 1.37. The predicted molar refractivity (Wildman–Crippen MR) is 73.0 cm³/mol. The Hall–Kier alpha value is -1.88. The van der Waals surface area contributed by atoms with E-state index in [4.69, 9.17) is 4.52 Å². The number of hydrogen-bond acceptors (Lipinski definition) is 5. The molecule has 0 spiro atoms. The topological polar surface area (TPSA) is 45.4 Å². The third kappa shape index (κ3) is 2.93. The molecule has 100 valence electrons. The van der Waals surface area contributed by atoms with Crippen molar-refractivity contribution in [1.82, 2.24) is 15.0 Å². The number of benzene rings is 1. The molecule has 2 aromatic rings. The standard InChI is InChI=1S/C14H18N4O/c1-12-15-14(16-19-12)18-9-7-17(8-10-18)11-13-5-3-2-4-6-13/h2-6H,7-11H2,1H3. The molecule has 3 rings (SSSR count). The van der Waals surface area contributed by atoms with Crippen molar-refractivity contribution in [1.29, 1.82) is 0 Å². The summed E-state index contributed by atoms with van der Waals surface area (Å²) in [4.78, 5) is 8.91. The minimum Gasteiger partial charge on any atom is -0.338 e. The number of aryl methyl sites for hydroxylation is 1. The summed E-state index contributed by atoms with van der Waals surface area (Å²) in [5.74, 6) is 1.35. The normalized spacial score (nSPS) is 16.8. The lowest BCUT2D eigenvalue weighted by Gasteiger charge is -2.33. The summed E-state index contributed by atoms with van der Waals surface area (Å²) in [5, 5.41) is 3.97. The van der Waals surface area contributed by atoms with Crippen molar-refractivity contribution in [3.05, 3.63) is 41.8 Å². The van der Waals surface area contributed by atoms with Crippen molar-refractivity contribution in [3.8, 4) is 0 Å². The van der Waals surface area contributed by atoms with E-state index in [1.54, 1.807) is 0 Å². The second-order valence-electron chi connectivity index (χ2n) is 4.86. The molecular weight excluding hydrogens is 240 g/mol. The Morgan fingerprint density at radius 3 is 2.47 bits per heavy atom. The van der Waals surface area contributed by atoms with E-state index in [0.29, 0.717) is 5.89 Å². The van der Waals surface area contributed by atoms with Crippen LogP contribution in [0, 0.1) is 6.92 Å². The predicted octanol–water partition coefficient (Wildman–Crippen LogP) is 1.70. The molecule has 1 fully saturated rings. The molecule has 1 aliphatic rings. The highest BCUT2D eigenvalue weighted by atomic mass is 16.5. The molecular formula is C14H18N4O. The van der Waals surface area contributed by atoms with Gasteiger partial charge in [-0.3, -0.25) is 4.90 Å². The molecule has 0 aliphatic carbocycles. The smallest absolute Gasteiger partial charge is 0.266 e. The van der Waals surface area contributed by atoms with Gasteiger partial charge in [-0.05, 0) is 10.7 Å². The van der Waals surface area contributed by atoms with Crippen molar-refractivity contribution >= 4 is 5.95 Å². The van der Waals surface area contributed by atoms with Gasteiger partial charge in [-0.15, -0.1) is 0 Å². The lowest BCUT2D eigenvalue weighted by molar-refractivity contribution is 0.248. The number of rotatable bonds is 3. The van der Waals surface area contributed by atoms with Gasteiger partial charge in [0.05, 0.1) is 0 Å². The summed E-state index contributed by atoms with van der Waals surface area (Å²) >= 11 is 0. The fourth-order valence-corrected chi connectivity index (χ4v) is 2.36. The minimum absolute atomic E-state index is 0.627. The molecule has 5 heteroatoms. The van der Waals surface area contributed by atoms with E-state index in [1.807, 2.05) is 6.92 Å². The van der Waals surface area contributed by atoms with E-state index < -0.39 is 0 Å². The Bertz CT molecular complexity index is 517. The second kappa shape index (κ2) is 5.40. The molecule has 0 N–H and O–H groups in total. The van der Waals surface area contributed by atoms with Gasteiger partial charge < -0.3 is 9.42 Å². The summed E-state index contributed by atoms with van der Waals surface area (Å²) < 4.78 is 5.02. The molecule has 0 radical (unpaired) electrons. The van der Waals surface area contributed by atoms with Crippen LogP contribution >= 0.6 is 0 Å². The van der Waals surface area contributed by atoms with E-state index in [1.165, 1.54) is 5.56 Å². The van der Waals surface area contributed by atoms with Crippen molar-refractivity contribution in [2.75, 3.05) is 31.1 Å². The maximum absolute atomic E-state index is 5.02. The summed E-state index contributed by atoms with van der Waals surface area (Å²) in [7, 11) is 0. The van der Waals surface area contributed by atoms with E-state index in [0.717, 1.165) is 38.7 Å². The highest BCUT2D eigenvalue weighted by Crippen LogP contribution is 2.13. The van der Waals surface area contributed by atoms with E-state index in [9.17, 15) is 0 Å². The Labute approximate surface area is 112 Å². The first-order valence-electron chi connectivity index (χ1n) is 6.63. The second-order valence-corrected chi connectivity index (χ2v) is 4.86. The van der Waals surface area contributed by atoms with Crippen molar-refractivity contribution < 1.29 is 4.52 Å². The van der Waals surface area contributed by atoms with Crippen LogP contribution in [0.3, 0.4) is 0 Å². The van der Waals surface area contributed by atoms with E-state index in [2.05, 4.69) is 50.3 Å². The number of anilines is 1. The van der Waals surface area contributed by atoms with Crippen LogP contribution in [0.2, 0.25) is 0 Å². The SMILES string of the molecule is Cc1nc(N2CCN(Cc3ccccc3)CC2)no1. The van der Waals surface area contributed by atoms with Gasteiger partial charge in [0.15, 0.2) is 0 Å². The van der Waals surface area contributed by atoms with Crippen LogP contribution in [0.1, 0.15) is 11.5 Å². The maximum Gasteiger partial charge on any atom is 0.266 e. The Balaban J connectivity index is 1.55. The van der Waals surface area contributed by atoms with Gasteiger partial charge >= 0.3 is 0 Å². The molecule has 0 saturated carbocycles. The maximum atomic E-state index is 5.02. The molecule has 1 aromatic carbocycles. The number of hydrogen-bond donors (Lipinski definition) is 0. The third-order valence-electron chi connectivity index (χ3n) is 3.42. The van der Waals surface area contributed by atoms with Gasteiger partial charge in [0.2, 0.25) is 5.89 Å². The molecule has 5 nitrogen and oxygen atoms in total. The highest BCUT2D eigenvalue weighted by Gasteiger charge is 2.20. The third-order valence-corrected chi connectivity index (χ3v) is 3.42. The van der Waals surface area contributed by atoms with Crippen LogP contribution in [0.5, 0.6) is 0 Å². The van der Waals surface area contributed by atoms with Crippen LogP contribution in [-0.2, 0) is 6.54 Å². The van der Waals surface area contributed by atoms with Crippen molar-refractivity contribution in [2.45, 2.75) is 13.5 Å². The Morgan fingerprint density at radius 1 is 1.11 bits per heavy atom. The molecule has 1 saturated heterocycles. The minimum atomic E-state index is 0.627. The molecule has 0 atom stereocenters. The van der Waals surface area contributed by atoms with E-state index in [-0.39, 0.29) is 0 Å². The molecule has 19 heavy (non-hydrogen) atoms. The lowest BCUT2D eigenvalue weighted by Crippen LogP contribution is -2.46. The Kier molecular flexibility index (Phi) is 3.46. The van der Waals surface area contributed by atoms with Crippen LogP contribution < -0.4 is 4.90 Å². The van der Waals surface area contributed by atoms with Gasteiger partial charge in [0.25, 0.3) is 5.95 Å². The zero-order valence-corrected chi connectivity index (χ0v) is 11.1. The fourth-order valence-electron chi connectivity index (χ4n) is 2.36. The average Bonchev–Trinajstić information content (AvgIpc) is 2.87. The summed E-state index contributed by atoms with van der Waals surface area (Å²) in [6, 6.07) is 10.6. The van der Waals surface area contributed by atoms with Gasteiger partial charge in [0.1, 0.15) is 0 Å². The number of aromatic nitrogens is 2. The summed E-state index contributed by atoms with van der Waals surface area (Å²) in [6.45, 7) is 6.80. The Morgan fingerprint density at radius 2 is 1.84 bits per heavy atom.